The van der Waals surface area contributed by atoms with Gasteiger partial charge in [0.15, 0.2) is 0 Å². The average molecular weight is 360 g/mol. The van der Waals surface area contributed by atoms with Crippen LogP contribution in [0.15, 0.2) is 24.3 Å². The third kappa shape index (κ3) is 7.37. The predicted molar refractivity (Wildman–Crippen MR) is 86.9 cm³/mol. The summed E-state index contributed by atoms with van der Waals surface area (Å²) in [5, 5.41) is 9.97. The molecule has 0 aliphatic heterocycles. The lowest BCUT2D eigenvalue weighted by molar-refractivity contribution is 0.161. The van der Waals surface area contributed by atoms with Gasteiger partial charge in [0.1, 0.15) is 0 Å². The van der Waals surface area contributed by atoms with E-state index in [2.05, 4.69) is 53.8 Å². The van der Waals surface area contributed by atoms with E-state index in [9.17, 15) is 5.11 Å². The van der Waals surface area contributed by atoms with E-state index in [1.807, 2.05) is 0 Å². The molecule has 102 valence electrons. The molecule has 0 bridgehead atoms. The van der Waals surface area contributed by atoms with Gasteiger partial charge in [-0.25, -0.2) is 0 Å². The molecule has 0 spiro atoms. The zero-order valence-corrected chi connectivity index (χ0v) is 13.5. The van der Waals surface area contributed by atoms with Gasteiger partial charge in [-0.05, 0) is 53.1 Å². The maximum Gasteiger partial charge on any atom is 0.0580 e. The van der Waals surface area contributed by atoms with Gasteiger partial charge >= 0.3 is 0 Å². The van der Waals surface area contributed by atoms with E-state index in [1.54, 1.807) is 0 Å². The summed E-state index contributed by atoms with van der Waals surface area (Å²) in [6, 6.07) is 8.44. The summed E-state index contributed by atoms with van der Waals surface area (Å²) < 4.78 is 1.25. The molecule has 18 heavy (non-hydrogen) atoms. The number of unbranched alkanes of at least 4 members (excludes halogenated alkanes) is 5. The third-order valence-electron chi connectivity index (χ3n) is 3.28. The van der Waals surface area contributed by atoms with Crippen LogP contribution in [0.2, 0.25) is 0 Å². The summed E-state index contributed by atoms with van der Waals surface area (Å²) in [5.41, 5.74) is 1.24. The summed E-state index contributed by atoms with van der Waals surface area (Å²) in [6.07, 6.45) is 9.33. The molecule has 0 aromatic heterocycles. The number of benzene rings is 1. The fraction of sp³-hybridized carbons (Fsp3) is 0.625. The van der Waals surface area contributed by atoms with Gasteiger partial charge in [0.05, 0.1) is 6.10 Å². The largest absolute Gasteiger partial charge is 0.393 e. The Balaban J connectivity index is 2.10. The van der Waals surface area contributed by atoms with Crippen LogP contribution in [0.4, 0.5) is 0 Å². The van der Waals surface area contributed by atoms with E-state index in [4.69, 9.17) is 0 Å². The quantitative estimate of drug-likeness (QED) is 0.488. The highest BCUT2D eigenvalue weighted by Gasteiger charge is 2.05. The van der Waals surface area contributed by atoms with Crippen molar-refractivity contribution in [3.05, 3.63) is 33.4 Å². The molecule has 1 N–H and O–H groups in total. The highest BCUT2D eigenvalue weighted by molar-refractivity contribution is 14.1. The topological polar surface area (TPSA) is 20.2 Å². The Labute approximate surface area is 125 Å². The van der Waals surface area contributed by atoms with Crippen molar-refractivity contribution < 1.29 is 5.11 Å². The predicted octanol–water partition coefficient (Wildman–Crippen LogP) is 4.95. The first-order valence-corrected chi connectivity index (χ1v) is 8.22. The molecule has 0 aliphatic rings. The van der Waals surface area contributed by atoms with Crippen LogP contribution >= 0.6 is 22.6 Å². The first kappa shape index (κ1) is 16.0. The van der Waals surface area contributed by atoms with E-state index in [0.717, 1.165) is 19.3 Å². The van der Waals surface area contributed by atoms with Crippen LogP contribution in [-0.2, 0) is 6.42 Å². The van der Waals surface area contributed by atoms with Gasteiger partial charge in [-0.1, -0.05) is 57.6 Å². The van der Waals surface area contributed by atoms with E-state index in [1.165, 1.54) is 41.2 Å². The molecule has 1 unspecified atom stereocenters. The van der Waals surface area contributed by atoms with Gasteiger partial charge < -0.3 is 5.11 Å². The number of hydrogen-bond acceptors (Lipinski definition) is 1. The van der Waals surface area contributed by atoms with Crippen molar-refractivity contribution in [2.75, 3.05) is 0 Å². The van der Waals surface area contributed by atoms with Crippen molar-refractivity contribution in [3.63, 3.8) is 0 Å². The molecule has 1 aromatic carbocycles. The molecule has 0 saturated heterocycles. The molecule has 0 aliphatic carbocycles. The Morgan fingerprint density at radius 2 is 1.61 bits per heavy atom. The minimum atomic E-state index is -0.170. The molecule has 2 heteroatoms. The first-order valence-electron chi connectivity index (χ1n) is 7.15. The van der Waals surface area contributed by atoms with Crippen LogP contribution in [0.25, 0.3) is 0 Å². The Kier molecular flexibility index (Phi) is 8.68. The highest BCUT2D eigenvalue weighted by Crippen LogP contribution is 2.13. The van der Waals surface area contributed by atoms with E-state index < -0.39 is 0 Å². The minimum Gasteiger partial charge on any atom is -0.393 e. The number of aliphatic hydroxyl groups is 1. The van der Waals surface area contributed by atoms with Crippen LogP contribution in [0.1, 0.15) is 57.4 Å². The normalized spacial score (nSPS) is 12.6. The molecule has 0 saturated carbocycles. The zero-order chi connectivity index (χ0) is 13.2. The van der Waals surface area contributed by atoms with Crippen molar-refractivity contribution in [2.45, 2.75) is 64.4 Å². The van der Waals surface area contributed by atoms with Gasteiger partial charge in [-0.2, -0.15) is 0 Å². The Morgan fingerprint density at radius 1 is 1.00 bits per heavy atom. The molecule has 0 amide bonds. The maximum atomic E-state index is 9.97. The molecule has 0 radical (unpaired) electrons. The SMILES string of the molecule is CCCCCCCCC(O)Cc1ccc(I)cc1. The molecule has 0 heterocycles. The average Bonchev–Trinajstić information content (AvgIpc) is 2.36. The van der Waals surface area contributed by atoms with Gasteiger partial charge in [0.25, 0.3) is 0 Å². The fourth-order valence-corrected chi connectivity index (χ4v) is 2.51. The van der Waals surface area contributed by atoms with Crippen LogP contribution in [0, 0.1) is 3.57 Å². The van der Waals surface area contributed by atoms with Crippen molar-refractivity contribution in [2.24, 2.45) is 0 Å². The third-order valence-corrected chi connectivity index (χ3v) is 3.99. The van der Waals surface area contributed by atoms with E-state index in [0.29, 0.717) is 0 Å². The van der Waals surface area contributed by atoms with E-state index in [-0.39, 0.29) is 6.10 Å². The van der Waals surface area contributed by atoms with Crippen molar-refractivity contribution >= 4 is 22.6 Å². The van der Waals surface area contributed by atoms with Crippen LogP contribution in [0.5, 0.6) is 0 Å². The van der Waals surface area contributed by atoms with Crippen molar-refractivity contribution in [1.82, 2.24) is 0 Å². The number of hydrogen-bond donors (Lipinski definition) is 1. The van der Waals surface area contributed by atoms with E-state index >= 15 is 0 Å². The van der Waals surface area contributed by atoms with Gasteiger partial charge in [-0.3, -0.25) is 0 Å². The van der Waals surface area contributed by atoms with Crippen molar-refractivity contribution in [3.8, 4) is 0 Å². The smallest absolute Gasteiger partial charge is 0.0580 e. The highest BCUT2D eigenvalue weighted by atomic mass is 127. The summed E-state index contributed by atoms with van der Waals surface area (Å²) in [6.45, 7) is 2.24. The van der Waals surface area contributed by atoms with Gasteiger partial charge in [-0.15, -0.1) is 0 Å². The Hall–Kier alpha value is -0.0900. The molecular weight excluding hydrogens is 335 g/mol. The van der Waals surface area contributed by atoms with Crippen LogP contribution in [-0.4, -0.2) is 11.2 Å². The van der Waals surface area contributed by atoms with Crippen molar-refractivity contribution in [1.29, 1.82) is 0 Å². The van der Waals surface area contributed by atoms with Gasteiger partial charge in [0, 0.05) is 3.57 Å². The summed E-state index contributed by atoms with van der Waals surface area (Å²) in [5.74, 6) is 0. The van der Waals surface area contributed by atoms with Crippen LogP contribution in [0.3, 0.4) is 0 Å². The molecular formula is C16H25IO. The number of rotatable bonds is 9. The number of halogens is 1. The second-order valence-corrected chi connectivity index (χ2v) is 6.29. The maximum absolute atomic E-state index is 9.97. The molecule has 1 rings (SSSR count). The Bertz CT molecular complexity index is 307. The first-order chi connectivity index (χ1) is 8.72. The standard InChI is InChI=1S/C16H25IO/c1-2-3-4-5-6-7-8-16(18)13-14-9-11-15(17)12-10-14/h9-12,16,18H,2-8,13H2,1H3. The lowest BCUT2D eigenvalue weighted by Crippen LogP contribution is -2.10. The molecule has 1 atom stereocenters. The summed E-state index contributed by atoms with van der Waals surface area (Å²) >= 11 is 2.31. The molecule has 1 nitrogen and oxygen atoms in total. The molecule has 0 fully saturated rings. The lowest BCUT2D eigenvalue weighted by atomic mass is 10.0. The van der Waals surface area contributed by atoms with Crippen LogP contribution < -0.4 is 0 Å². The Morgan fingerprint density at radius 3 is 2.28 bits per heavy atom. The minimum absolute atomic E-state index is 0.170. The summed E-state index contributed by atoms with van der Waals surface area (Å²) in [4.78, 5) is 0. The number of aliphatic hydroxyl groups excluding tert-OH is 1. The summed E-state index contributed by atoms with van der Waals surface area (Å²) in [7, 11) is 0. The second-order valence-electron chi connectivity index (χ2n) is 5.04. The fourth-order valence-electron chi connectivity index (χ4n) is 2.15. The van der Waals surface area contributed by atoms with Gasteiger partial charge in [0.2, 0.25) is 0 Å². The second kappa shape index (κ2) is 9.79. The monoisotopic (exact) mass is 360 g/mol. The lowest BCUT2D eigenvalue weighted by Gasteiger charge is -2.10. The zero-order valence-electron chi connectivity index (χ0n) is 11.4. The molecule has 1 aromatic rings.